The third kappa shape index (κ3) is 4.07. The maximum atomic E-state index is 11.3. The molecule has 0 bridgehead atoms. The third-order valence-electron chi connectivity index (χ3n) is 2.49. The van der Waals surface area contributed by atoms with Crippen LogP contribution < -0.4 is 15.8 Å². The lowest BCUT2D eigenvalue weighted by atomic mass is 10.0. The summed E-state index contributed by atoms with van der Waals surface area (Å²) in [4.78, 5) is 11.3. The van der Waals surface area contributed by atoms with Gasteiger partial charge in [-0.2, -0.15) is 0 Å². The number of hydrogen-bond donors (Lipinski definition) is 2. The fourth-order valence-electron chi connectivity index (χ4n) is 1.53. The Kier molecular flexibility index (Phi) is 5.49. The normalized spacial score (nSPS) is 11.9. The standard InChI is InChI=1S/C13H20N2O2/c1-3-11(14)10-7-5-6-8-12(10)17-9-13(16)15-4-2/h5-8,11H,3-4,9,14H2,1-2H3,(H,15,16)/t11-/m0/s1. The summed E-state index contributed by atoms with van der Waals surface area (Å²) in [6.07, 6.45) is 0.835. The number of carbonyl (C=O) groups excluding carboxylic acids is 1. The van der Waals surface area contributed by atoms with Crippen LogP contribution in [-0.2, 0) is 4.79 Å². The van der Waals surface area contributed by atoms with Gasteiger partial charge < -0.3 is 15.8 Å². The van der Waals surface area contributed by atoms with Gasteiger partial charge in [0.05, 0.1) is 0 Å². The maximum Gasteiger partial charge on any atom is 0.257 e. The summed E-state index contributed by atoms with van der Waals surface area (Å²) in [6, 6.07) is 7.51. The zero-order valence-electron chi connectivity index (χ0n) is 10.4. The first-order valence-corrected chi connectivity index (χ1v) is 5.93. The molecule has 0 aliphatic carbocycles. The van der Waals surface area contributed by atoms with Crippen molar-refractivity contribution < 1.29 is 9.53 Å². The van der Waals surface area contributed by atoms with E-state index in [0.717, 1.165) is 12.0 Å². The molecule has 1 atom stereocenters. The SMILES string of the molecule is CCNC(=O)COc1ccccc1[C@@H](N)CC. The largest absolute Gasteiger partial charge is 0.483 e. The lowest BCUT2D eigenvalue weighted by Gasteiger charge is -2.15. The summed E-state index contributed by atoms with van der Waals surface area (Å²) < 4.78 is 5.48. The molecule has 1 rings (SSSR count). The van der Waals surface area contributed by atoms with Crippen molar-refractivity contribution in [1.82, 2.24) is 5.32 Å². The molecule has 0 saturated heterocycles. The quantitative estimate of drug-likeness (QED) is 0.788. The molecular weight excluding hydrogens is 216 g/mol. The van der Waals surface area contributed by atoms with E-state index in [0.29, 0.717) is 12.3 Å². The highest BCUT2D eigenvalue weighted by Gasteiger charge is 2.10. The van der Waals surface area contributed by atoms with Crippen molar-refractivity contribution >= 4 is 5.91 Å². The molecule has 0 radical (unpaired) electrons. The molecule has 1 aromatic carbocycles. The van der Waals surface area contributed by atoms with Gasteiger partial charge >= 0.3 is 0 Å². The molecule has 4 nitrogen and oxygen atoms in total. The van der Waals surface area contributed by atoms with E-state index in [1.165, 1.54) is 0 Å². The number of likely N-dealkylation sites (N-methyl/N-ethyl adjacent to an activating group) is 1. The molecule has 0 spiro atoms. The van der Waals surface area contributed by atoms with Gasteiger partial charge in [-0.25, -0.2) is 0 Å². The molecule has 0 aliphatic heterocycles. The minimum absolute atomic E-state index is 0.0291. The van der Waals surface area contributed by atoms with Crippen molar-refractivity contribution in [3.05, 3.63) is 29.8 Å². The molecule has 3 N–H and O–H groups in total. The van der Waals surface area contributed by atoms with Crippen LogP contribution in [0.2, 0.25) is 0 Å². The summed E-state index contributed by atoms with van der Waals surface area (Å²) >= 11 is 0. The number of nitrogens with one attached hydrogen (secondary N) is 1. The Morgan fingerprint density at radius 1 is 1.41 bits per heavy atom. The Balaban J connectivity index is 2.67. The van der Waals surface area contributed by atoms with Crippen molar-refractivity contribution in [1.29, 1.82) is 0 Å². The minimum Gasteiger partial charge on any atom is -0.483 e. The Morgan fingerprint density at radius 3 is 2.76 bits per heavy atom. The maximum absolute atomic E-state index is 11.3. The van der Waals surface area contributed by atoms with E-state index >= 15 is 0 Å². The molecule has 0 aromatic heterocycles. The lowest BCUT2D eigenvalue weighted by Crippen LogP contribution is -2.28. The van der Waals surface area contributed by atoms with Gasteiger partial charge in [-0.15, -0.1) is 0 Å². The van der Waals surface area contributed by atoms with Crippen LogP contribution >= 0.6 is 0 Å². The molecule has 0 fully saturated rings. The van der Waals surface area contributed by atoms with Gasteiger partial charge in [0.25, 0.3) is 5.91 Å². The Hall–Kier alpha value is -1.55. The first-order valence-electron chi connectivity index (χ1n) is 5.93. The highest BCUT2D eigenvalue weighted by atomic mass is 16.5. The van der Waals surface area contributed by atoms with Crippen LogP contribution in [0.5, 0.6) is 5.75 Å². The van der Waals surface area contributed by atoms with E-state index in [4.69, 9.17) is 10.5 Å². The van der Waals surface area contributed by atoms with Crippen LogP contribution in [-0.4, -0.2) is 19.1 Å². The van der Waals surface area contributed by atoms with Crippen LogP contribution in [0.1, 0.15) is 31.9 Å². The van der Waals surface area contributed by atoms with Crippen molar-refractivity contribution in [2.45, 2.75) is 26.3 Å². The second-order valence-electron chi connectivity index (χ2n) is 3.79. The van der Waals surface area contributed by atoms with E-state index in [1.54, 1.807) is 0 Å². The summed E-state index contributed by atoms with van der Waals surface area (Å²) in [6.45, 7) is 4.53. The molecule has 0 saturated carbocycles. The van der Waals surface area contributed by atoms with E-state index in [1.807, 2.05) is 38.1 Å². The highest BCUT2D eigenvalue weighted by molar-refractivity contribution is 5.77. The number of ether oxygens (including phenoxy) is 1. The molecule has 0 heterocycles. The van der Waals surface area contributed by atoms with Crippen LogP contribution in [0.3, 0.4) is 0 Å². The first kappa shape index (κ1) is 13.5. The van der Waals surface area contributed by atoms with Gasteiger partial charge in [-0.05, 0) is 19.4 Å². The van der Waals surface area contributed by atoms with Gasteiger partial charge in [0.15, 0.2) is 6.61 Å². The summed E-state index contributed by atoms with van der Waals surface area (Å²) in [5.74, 6) is 0.570. The van der Waals surface area contributed by atoms with Crippen LogP contribution in [0.15, 0.2) is 24.3 Å². The monoisotopic (exact) mass is 236 g/mol. The van der Waals surface area contributed by atoms with Crippen molar-refractivity contribution in [3.63, 3.8) is 0 Å². The average Bonchev–Trinajstić information content (AvgIpc) is 2.36. The molecule has 17 heavy (non-hydrogen) atoms. The molecule has 94 valence electrons. The number of para-hydroxylation sites is 1. The number of benzene rings is 1. The summed E-state index contributed by atoms with van der Waals surface area (Å²) in [5.41, 5.74) is 6.92. The van der Waals surface area contributed by atoms with Crippen LogP contribution in [0, 0.1) is 0 Å². The van der Waals surface area contributed by atoms with E-state index < -0.39 is 0 Å². The Bertz CT molecular complexity index is 366. The fraction of sp³-hybridized carbons (Fsp3) is 0.462. The molecule has 1 amide bonds. The number of carbonyl (C=O) groups is 1. The number of amides is 1. The third-order valence-corrected chi connectivity index (χ3v) is 2.49. The molecule has 1 aromatic rings. The van der Waals surface area contributed by atoms with Gasteiger partial charge in [0.2, 0.25) is 0 Å². The average molecular weight is 236 g/mol. The predicted octanol–water partition coefficient (Wildman–Crippen LogP) is 1.61. The molecule has 0 unspecified atom stereocenters. The van der Waals surface area contributed by atoms with Crippen molar-refractivity contribution in [2.24, 2.45) is 5.73 Å². The zero-order chi connectivity index (χ0) is 12.7. The highest BCUT2D eigenvalue weighted by Crippen LogP contribution is 2.25. The molecule has 0 aliphatic rings. The van der Waals surface area contributed by atoms with Gasteiger partial charge in [-0.1, -0.05) is 25.1 Å². The first-order chi connectivity index (χ1) is 8.19. The van der Waals surface area contributed by atoms with Crippen molar-refractivity contribution in [3.8, 4) is 5.75 Å². The van der Waals surface area contributed by atoms with E-state index in [-0.39, 0.29) is 18.6 Å². The Labute approximate surface area is 102 Å². The van der Waals surface area contributed by atoms with Crippen LogP contribution in [0.4, 0.5) is 0 Å². The minimum atomic E-state index is -0.118. The topological polar surface area (TPSA) is 64.3 Å². The fourth-order valence-corrected chi connectivity index (χ4v) is 1.53. The van der Waals surface area contributed by atoms with Gasteiger partial charge in [-0.3, -0.25) is 4.79 Å². The number of hydrogen-bond acceptors (Lipinski definition) is 3. The zero-order valence-corrected chi connectivity index (χ0v) is 10.4. The van der Waals surface area contributed by atoms with Gasteiger partial charge in [0.1, 0.15) is 5.75 Å². The van der Waals surface area contributed by atoms with Crippen LogP contribution in [0.25, 0.3) is 0 Å². The van der Waals surface area contributed by atoms with Gasteiger partial charge in [0, 0.05) is 18.2 Å². The van der Waals surface area contributed by atoms with E-state index in [9.17, 15) is 4.79 Å². The summed E-state index contributed by atoms with van der Waals surface area (Å²) in [7, 11) is 0. The molecular formula is C13H20N2O2. The molecule has 4 heteroatoms. The smallest absolute Gasteiger partial charge is 0.257 e. The second-order valence-corrected chi connectivity index (χ2v) is 3.79. The second kappa shape index (κ2) is 6.91. The lowest BCUT2D eigenvalue weighted by molar-refractivity contribution is -0.123. The summed E-state index contributed by atoms with van der Waals surface area (Å²) in [5, 5.41) is 2.68. The number of nitrogens with two attached hydrogens (primary N) is 1. The van der Waals surface area contributed by atoms with Crippen molar-refractivity contribution in [2.75, 3.05) is 13.2 Å². The number of rotatable bonds is 6. The van der Waals surface area contributed by atoms with E-state index in [2.05, 4.69) is 5.32 Å². The Morgan fingerprint density at radius 2 is 2.12 bits per heavy atom. The predicted molar refractivity (Wildman–Crippen MR) is 67.8 cm³/mol.